The molecular formula is C16H20N3O4+. The van der Waals surface area contributed by atoms with Crippen molar-refractivity contribution >= 4 is 11.6 Å². The van der Waals surface area contributed by atoms with Gasteiger partial charge in [0.15, 0.2) is 11.8 Å². The van der Waals surface area contributed by atoms with Gasteiger partial charge in [-0.05, 0) is 31.2 Å². The molecule has 1 atom stereocenters. The molecule has 23 heavy (non-hydrogen) atoms. The lowest BCUT2D eigenvalue weighted by molar-refractivity contribution is -0.891. The Bertz CT molecular complexity index is 695. The van der Waals surface area contributed by atoms with E-state index in [1.54, 1.807) is 13.2 Å². The Labute approximate surface area is 134 Å². The number of nitro benzene ring substituents is 1. The molecule has 122 valence electrons. The fourth-order valence-electron chi connectivity index (χ4n) is 2.38. The maximum Gasteiger partial charge on any atom is 0.272 e. The number of benzene rings is 1. The number of rotatable bonds is 6. The van der Waals surface area contributed by atoms with E-state index in [0.29, 0.717) is 17.7 Å². The molecule has 0 unspecified atom stereocenters. The van der Waals surface area contributed by atoms with E-state index in [4.69, 9.17) is 4.42 Å². The number of aryl methyl sites for hydroxylation is 1. The number of nitrogens with one attached hydrogen (secondary N) is 2. The van der Waals surface area contributed by atoms with E-state index < -0.39 is 4.92 Å². The predicted octanol–water partition coefficient (Wildman–Crippen LogP) is 1.11. The minimum atomic E-state index is -0.459. The van der Waals surface area contributed by atoms with E-state index in [1.807, 2.05) is 26.2 Å². The zero-order valence-corrected chi connectivity index (χ0v) is 13.3. The van der Waals surface area contributed by atoms with Crippen LogP contribution in [0, 0.1) is 17.0 Å². The molecule has 2 aromatic rings. The minimum Gasteiger partial charge on any atom is -0.463 e. The molecule has 1 amide bonds. The van der Waals surface area contributed by atoms with Gasteiger partial charge in [-0.2, -0.15) is 0 Å². The van der Waals surface area contributed by atoms with E-state index >= 15 is 0 Å². The smallest absolute Gasteiger partial charge is 0.272 e. The first-order valence-corrected chi connectivity index (χ1v) is 7.27. The molecule has 1 aromatic carbocycles. The average Bonchev–Trinajstić information content (AvgIpc) is 3.00. The van der Waals surface area contributed by atoms with Gasteiger partial charge in [0, 0.05) is 17.2 Å². The van der Waals surface area contributed by atoms with Gasteiger partial charge in [0.1, 0.15) is 0 Å². The summed E-state index contributed by atoms with van der Waals surface area (Å²) in [5.74, 6) is 0.533. The highest BCUT2D eigenvalue weighted by atomic mass is 16.6. The molecule has 0 aliphatic carbocycles. The lowest BCUT2D eigenvalue weighted by Crippen LogP contribution is -3.07. The lowest BCUT2D eigenvalue weighted by atomic mass is 10.1. The molecule has 2 rings (SSSR count). The Kier molecular flexibility index (Phi) is 5.13. The highest BCUT2D eigenvalue weighted by Crippen LogP contribution is 2.18. The highest BCUT2D eigenvalue weighted by molar-refractivity contribution is 5.94. The summed E-state index contributed by atoms with van der Waals surface area (Å²) in [6, 6.07) is 8.02. The molecule has 1 aromatic heterocycles. The van der Waals surface area contributed by atoms with Crippen molar-refractivity contribution in [2.24, 2.45) is 0 Å². The van der Waals surface area contributed by atoms with E-state index in [9.17, 15) is 14.9 Å². The number of nitro groups is 1. The fraction of sp³-hybridized carbons (Fsp3) is 0.312. The third kappa shape index (κ3) is 3.95. The Balaban J connectivity index is 2.07. The van der Waals surface area contributed by atoms with Crippen molar-refractivity contribution in [2.45, 2.75) is 13.0 Å². The summed E-state index contributed by atoms with van der Waals surface area (Å²) in [6.07, 6.45) is 1.60. The van der Waals surface area contributed by atoms with Gasteiger partial charge < -0.3 is 14.6 Å². The van der Waals surface area contributed by atoms with E-state index in [0.717, 1.165) is 10.7 Å². The third-order valence-electron chi connectivity index (χ3n) is 3.71. The zero-order chi connectivity index (χ0) is 17.0. The molecule has 0 bridgehead atoms. The maximum absolute atomic E-state index is 12.3. The van der Waals surface area contributed by atoms with Crippen molar-refractivity contribution in [2.75, 3.05) is 20.6 Å². The van der Waals surface area contributed by atoms with E-state index in [-0.39, 0.29) is 17.6 Å². The molecule has 0 aliphatic heterocycles. The number of hydrogen-bond donors (Lipinski definition) is 2. The number of nitrogens with zero attached hydrogens (tertiary/aromatic N) is 1. The van der Waals surface area contributed by atoms with Crippen LogP contribution in [0.2, 0.25) is 0 Å². The SMILES string of the molecule is Cc1cc(C(=O)NC[C@@H](c2ccco2)[NH+](C)C)ccc1[N+](=O)[O-]. The minimum absolute atomic E-state index is 0.00639. The first-order valence-electron chi connectivity index (χ1n) is 7.27. The molecule has 0 spiro atoms. The van der Waals surface area contributed by atoms with Crippen molar-refractivity contribution < 1.29 is 19.0 Å². The molecule has 0 aliphatic rings. The van der Waals surface area contributed by atoms with Crippen LogP contribution in [0.4, 0.5) is 5.69 Å². The quantitative estimate of drug-likeness (QED) is 0.617. The first-order chi connectivity index (χ1) is 10.9. The molecule has 7 nitrogen and oxygen atoms in total. The van der Waals surface area contributed by atoms with Gasteiger partial charge in [-0.15, -0.1) is 0 Å². The van der Waals surface area contributed by atoms with Crippen molar-refractivity contribution in [3.63, 3.8) is 0 Å². The monoisotopic (exact) mass is 318 g/mol. The fourth-order valence-corrected chi connectivity index (χ4v) is 2.38. The molecule has 7 heteroatoms. The van der Waals surface area contributed by atoms with Crippen LogP contribution in [-0.4, -0.2) is 31.5 Å². The Morgan fingerprint density at radius 2 is 2.13 bits per heavy atom. The van der Waals surface area contributed by atoms with Crippen molar-refractivity contribution in [3.8, 4) is 0 Å². The van der Waals surface area contributed by atoms with Crippen LogP contribution >= 0.6 is 0 Å². The summed E-state index contributed by atoms with van der Waals surface area (Å²) in [6.45, 7) is 2.02. The van der Waals surface area contributed by atoms with Gasteiger partial charge in [-0.25, -0.2) is 0 Å². The second-order valence-electron chi connectivity index (χ2n) is 5.61. The Morgan fingerprint density at radius 3 is 2.65 bits per heavy atom. The summed E-state index contributed by atoms with van der Waals surface area (Å²) in [4.78, 5) is 23.7. The van der Waals surface area contributed by atoms with Crippen LogP contribution in [-0.2, 0) is 0 Å². The number of quaternary nitrogens is 1. The topological polar surface area (TPSA) is 89.8 Å². The summed E-state index contributed by atoms with van der Waals surface area (Å²) >= 11 is 0. The van der Waals surface area contributed by atoms with Crippen LogP contribution in [0.3, 0.4) is 0 Å². The standard InChI is InChI=1S/C16H19N3O4/c1-11-9-12(6-7-13(11)19(21)22)16(20)17-10-14(18(2)3)15-5-4-8-23-15/h4-9,14H,10H2,1-3H3,(H,17,20)/p+1/t14-/m0/s1. The largest absolute Gasteiger partial charge is 0.463 e. The lowest BCUT2D eigenvalue weighted by Gasteiger charge is -2.19. The van der Waals surface area contributed by atoms with Crippen LogP contribution in [0.25, 0.3) is 0 Å². The summed E-state index contributed by atoms with van der Waals surface area (Å²) in [5.41, 5.74) is 0.872. The predicted molar refractivity (Wildman–Crippen MR) is 84.4 cm³/mol. The Morgan fingerprint density at radius 1 is 1.39 bits per heavy atom. The van der Waals surface area contributed by atoms with Gasteiger partial charge >= 0.3 is 0 Å². The average molecular weight is 318 g/mol. The maximum atomic E-state index is 12.3. The molecule has 1 heterocycles. The molecule has 0 fully saturated rings. The highest BCUT2D eigenvalue weighted by Gasteiger charge is 2.22. The second-order valence-corrected chi connectivity index (χ2v) is 5.61. The number of hydrogen-bond acceptors (Lipinski definition) is 4. The summed E-state index contributed by atoms with van der Waals surface area (Å²) in [5, 5.41) is 13.7. The van der Waals surface area contributed by atoms with Gasteiger partial charge in [0.2, 0.25) is 0 Å². The number of amides is 1. The summed E-state index contributed by atoms with van der Waals surface area (Å²) < 4.78 is 5.41. The van der Waals surface area contributed by atoms with Crippen molar-refractivity contribution in [3.05, 3.63) is 63.6 Å². The summed E-state index contributed by atoms with van der Waals surface area (Å²) in [7, 11) is 3.96. The third-order valence-corrected chi connectivity index (χ3v) is 3.71. The number of carbonyl (C=O) groups is 1. The van der Waals surface area contributed by atoms with E-state index in [2.05, 4.69) is 5.32 Å². The van der Waals surface area contributed by atoms with Crippen molar-refractivity contribution in [1.82, 2.24) is 5.32 Å². The normalized spacial score (nSPS) is 12.2. The second kappa shape index (κ2) is 7.06. The van der Waals surface area contributed by atoms with Crippen LogP contribution < -0.4 is 10.2 Å². The molecule has 2 N–H and O–H groups in total. The molecule has 0 radical (unpaired) electrons. The zero-order valence-electron chi connectivity index (χ0n) is 13.3. The van der Waals surface area contributed by atoms with Crippen LogP contribution in [0.1, 0.15) is 27.7 Å². The van der Waals surface area contributed by atoms with Crippen molar-refractivity contribution in [1.29, 1.82) is 0 Å². The van der Waals surface area contributed by atoms with Crippen LogP contribution in [0.15, 0.2) is 41.0 Å². The number of likely N-dealkylation sites (N-methyl/N-ethyl adjacent to an activating group) is 1. The van der Waals surface area contributed by atoms with Gasteiger partial charge in [0.05, 0.1) is 31.8 Å². The van der Waals surface area contributed by atoms with Gasteiger partial charge in [-0.1, -0.05) is 0 Å². The van der Waals surface area contributed by atoms with Crippen LogP contribution in [0.5, 0.6) is 0 Å². The first kappa shape index (κ1) is 16.7. The van der Waals surface area contributed by atoms with Gasteiger partial charge in [0.25, 0.3) is 11.6 Å². The van der Waals surface area contributed by atoms with Gasteiger partial charge in [-0.3, -0.25) is 14.9 Å². The van der Waals surface area contributed by atoms with E-state index in [1.165, 1.54) is 18.2 Å². The molecular weight excluding hydrogens is 298 g/mol. The molecule has 0 saturated carbocycles. The number of carbonyl (C=O) groups excluding carboxylic acids is 1. The number of furan rings is 1. The Hall–Kier alpha value is -2.67. The molecule has 0 saturated heterocycles.